The second-order valence-electron chi connectivity index (χ2n) is 5.91. The largest absolute Gasteiger partial charge is 0.452 e. The quantitative estimate of drug-likeness (QED) is 0.763. The van der Waals surface area contributed by atoms with E-state index < -0.39 is 18.5 Å². The second-order valence-corrected chi connectivity index (χ2v) is 6.76. The molecule has 0 bridgehead atoms. The molecule has 2 amide bonds. The van der Waals surface area contributed by atoms with E-state index in [9.17, 15) is 14.4 Å². The standard InChI is InChI=1S/C19H16Cl2N2O4/c20-12-7-8-14(21)15(10-12)22-17(24)11-27-19(26)13-4-1-2-5-16(13)23-9-3-6-18(23)25/h1-2,4-5,7-8,10H,3,6,9,11H2,(H,22,24). The van der Waals surface area contributed by atoms with Crippen LogP contribution in [-0.4, -0.2) is 30.9 Å². The third-order valence-corrected chi connectivity index (χ3v) is 4.59. The number of benzene rings is 2. The number of para-hydroxylation sites is 1. The number of halogens is 2. The first-order valence-corrected chi connectivity index (χ1v) is 9.02. The number of amides is 2. The summed E-state index contributed by atoms with van der Waals surface area (Å²) in [6.45, 7) is 0.0564. The van der Waals surface area contributed by atoms with E-state index in [-0.39, 0.29) is 11.5 Å². The third kappa shape index (κ3) is 4.59. The molecule has 1 aliphatic heterocycles. The molecule has 1 fully saturated rings. The number of esters is 1. The first-order valence-electron chi connectivity index (χ1n) is 8.27. The van der Waals surface area contributed by atoms with Crippen molar-refractivity contribution in [1.29, 1.82) is 0 Å². The predicted octanol–water partition coefficient (Wildman–Crippen LogP) is 3.92. The van der Waals surface area contributed by atoms with Gasteiger partial charge in [-0.1, -0.05) is 35.3 Å². The Balaban J connectivity index is 1.65. The molecule has 0 aliphatic carbocycles. The van der Waals surface area contributed by atoms with E-state index in [1.165, 1.54) is 6.07 Å². The van der Waals surface area contributed by atoms with Crippen molar-refractivity contribution in [2.45, 2.75) is 12.8 Å². The normalized spacial score (nSPS) is 13.6. The third-order valence-electron chi connectivity index (χ3n) is 4.03. The summed E-state index contributed by atoms with van der Waals surface area (Å²) < 4.78 is 5.10. The van der Waals surface area contributed by atoms with Crippen LogP contribution in [0.4, 0.5) is 11.4 Å². The van der Waals surface area contributed by atoms with Gasteiger partial charge in [-0.05, 0) is 36.8 Å². The topological polar surface area (TPSA) is 75.7 Å². The van der Waals surface area contributed by atoms with E-state index in [4.69, 9.17) is 27.9 Å². The van der Waals surface area contributed by atoms with E-state index >= 15 is 0 Å². The summed E-state index contributed by atoms with van der Waals surface area (Å²) in [5.41, 5.74) is 1.05. The fourth-order valence-corrected chi connectivity index (χ4v) is 3.11. The highest BCUT2D eigenvalue weighted by atomic mass is 35.5. The molecule has 0 unspecified atom stereocenters. The number of rotatable bonds is 5. The van der Waals surface area contributed by atoms with Gasteiger partial charge in [0.05, 0.1) is 22.0 Å². The first kappa shape index (κ1) is 19.2. The zero-order valence-corrected chi connectivity index (χ0v) is 15.7. The molecule has 8 heteroatoms. The molecule has 2 aromatic rings. The van der Waals surface area contributed by atoms with E-state index in [1.54, 1.807) is 41.3 Å². The Labute approximate surface area is 166 Å². The fourth-order valence-electron chi connectivity index (χ4n) is 2.77. The fraction of sp³-hybridized carbons (Fsp3) is 0.211. The lowest BCUT2D eigenvalue weighted by Crippen LogP contribution is -2.27. The summed E-state index contributed by atoms with van der Waals surface area (Å²) in [4.78, 5) is 38.0. The highest BCUT2D eigenvalue weighted by Crippen LogP contribution is 2.27. The molecule has 6 nitrogen and oxygen atoms in total. The number of nitrogens with zero attached hydrogens (tertiary/aromatic N) is 1. The second kappa shape index (κ2) is 8.41. The Morgan fingerprint density at radius 1 is 1.15 bits per heavy atom. The van der Waals surface area contributed by atoms with Crippen molar-refractivity contribution in [2.24, 2.45) is 0 Å². The zero-order valence-electron chi connectivity index (χ0n) is 14.2. The molecule has 27 heavy (non-hydrogen) atoms. The van der Waals surface area contributed by atoms with Gasteiger partial charge in [0.15, 0.2) is 6.61 Å². The molecule has 3 rings (SSSR count). The Morgan fingerprint density at radius 2 is 1.93 bits per heavy atom. The lowest BCUT2D eigenvalue weighted by Gasteiger charge is -2.18. The van der Waals surface area contributed by atoms with Crippen molar-refractivity contribution in [2.75, 3.05) is 23.4 Å². The molecule has 1 saturated heterocycles. The minimum atomic E-state index is -0.683. The van der Waals surface area contributed by atoms with Gasteiger partial charge >= 0.3 is 5.97 Å². The molecule has 0 aromatic heterocycles. The Morgan fingerprint density at radius 3 is 2.67 bits per heavy atom. The van der Waals surface area contributed by atoms with Crippen molar-refractivity contribution in [3.63, 3.8) is 0 Å². The maximum atomic E-state index is 12.4. The van der Waals surface area contributed by atoms with Crippen molar-refractivity contribution in [3.8, 4) is 0 Å². The SMILES string of the molecule is O=C(COC(=O)c1ccccc1N1CCCC1=O)Nc1cc(Cl)ccc1Cl. The smallest absolute Gasteiger partial charge is 0.340 e. The molecular formula is C19H16Cl2N2O4. The molecular weight excluding hydrogens is 391 g/mol. The van der Waals surface area contributed by atoms with Gasteiger partial charge < -0.3 is 15.0 Å². The van der Waals surface area contributed by atoms with E-state index in [2.05, 4.69) is 5.32 Å². The summed E-state index contributed by atoms with van der Waals surface area (Å²) >= 11 is 11.9. The molecule has 0 radical (unpaired) electrons. The summed E-state index contributed by atoms with van der Waals surface area (Å²) in [5.74, 6) is -1.27. The predicted molar refractivity (Wildman–Crippen MR) is 103 cm³/mol. The van der Waals surface area contributed by atoms with Gasteiger partial charge in [-0.2, -0.15) is 0 Å². The van der Waals surface area contributed by atoms with Gasteiger partial charge in [0.2, 0.25) is 5.91 Å². The number of anilines is 2. The van der Waals surface area contributed by atoms with Crippen molar-refractivity contribution >= 4 is 52.4 Å². The number of carbonyl (C=O) groups excluding carboxylic acids is 3. The van der Waals surface area contributed by atoms with Crippen molar-refractivity contribution < 1.29 is 19.1 Å². The average Bonchev–Trinajstić information content (AvgIpc) is 3.08. The van der Waals surface area contributed by atoms with Crippen LogP contribution in [0.25, 0.3) is 0 Å². The van der Waals surface area contributed by atoms with Crippen LogP contribution in [0.2, 0.25) is 10.0 Å². The van der Waals surface area contributed by atoms with Crippen LogP contribution in [-0.2, 0) is 14.3 Å². The molecule has 2 aromatic carbocycles. The van der Waals surface area contributed by atoms with Crippen LogP contribution < -0.4 is 10.2 Å². The van der Waals surface area contributed by atoms with Gasteiger partial charge in [0.1, 0.15) is 0 Å². The Hall–Kier alpha value is -2.57. The van der Waals surface area contributed by atoms with Crippen molar-refractivity contribution in [1.82, 2.24) is 0 Å². The van der Waals surface area contributed by atoms with Crippen molar-refractivity contribution in [3.05, 3.63) is 58.1 Å². The first-order chi connectivity index (χ1) is 13.0. The molecule has 140 valence electrons. The Kier molecular flexibility index (Phi) is 5.98. The van der Waals surface area contributed by atoms with Crippen LogP contribution >= 0.6 is 23.2 Å². The number of ether oxygens (including phenoxy) is 1. The van der Waals surface area contributed by atoms with Crippen LogP contribution in [0.1, 0.15) is 23.2 Å². The monoisotopic (exact) mass is 406 g/mol. The maximum Gasteiger partial charge on any atom is 0.340 e. The number of hydrogen-bond acceptors (Lipinski definition) is 4. The van der Waals surface area contributed by atoms with Gasteiger partial charge in [-0.15, -0.1) is 0 Å². The molecule has 1 heterocycles. The van der Waals surface area contributed by atoms with Crippen LogP contribution in [0.15, 0.2) is 42.5 Å². The Bertz CT molecular complexity index is 901. The van der Waals surface area contributed by atoms with Gasteiger partial charge in [-0.3, -0.25) is 9.59 Å². The summed E-state index contributed by atoms with van der Waals surface area (Å²) in [6.07, 6.45) is 1.19. The van der Waals surface area contributed by atoms with Gasteiger partial charge in [0.25, 0.3) is 5.91 Å². The van der Waals surface area contributed by atoms with E-state index in [1.807, 2.05) is 0 Å². The summed E-state index contributed by atoms with van der Waals surface area (Å²) in [5, 5.41) is 3.27. The molecule has 0 atom stereocenters. The molecule has 1 aliphatic rings. The highest BCUT2D eigenvalue weighted by molar-refractivity contribution is 6.35. The van der Waals surface area contributed by atoms with Gasteiger partial charge in [0, 0.05) is 18.0 Å². The maximum absolute atomic E-state index is 12.4. The number of carbonyl (C=O) groups is 3. The van der Waals surface area contributed by atoms with E-state index in [0.29, 0.717) is 34.4 Å². The van der Waals surface area contributed by atoms with E-state index in [0.717, 1.165) is 6.42 Å². The lowest BCUT2D eigenvalue weighted by atomic mass is 10.1. The van der Waals surface area contributed by atoms with Gasteiger partial charge in [-0.25, -0.2) is 4.79 Å². The number of hydrogen-bond donors (Lipinski definition) is 1. The van der Waals surface area contributed by atoms with Crippen LogP contribution in [0, 0.1) is 0 Å². The summed E-state index contributed by atoms with van der Waals surface area (Å²) in [7, 11) is 0. The van der Waals surface area contributed by atoms with Crippen LogP contribution in [0.5, 0.6) is 0 Å². The molecule has 0 spiro atoms. The lowest BCUT2D eigenvalue weighted by molar-refractivity contribution is -0.119. The minimum absolute atomic E-state index is 0.0383. The molecule has 0 saturated carbocycles. The number of nitrogens with one attached hydrogen (secondary N) is 1. The van der Waals surface area contributed by atoms with Crippen LogP contribution in [0.3, 0.4) is 0 Å². The zero-order chi connectivity index (χ0) is 19.4. The minimum Gasteiger partial charge on any atom is -0.452 e. The molecule has 1 N–H and O–H groups in total. The highest BCUT2D eigenvalue weighted by Gasteiger charge is 2.26. The average molecular weight is 407 g/mol. The summed E-state index contributed by atoms with van der Waals surface area (Å²) in [6, 6.07) is 11.3.